The molecule has 2 aromatic rings. The summed E-state index contributed by atoms with van der Waals surface area (Å²) in [5.41, 5.74) is 1.44. The molecule has 1 heterocycles. The molecule has 5 heteroatoms. The number of benzene rings is 2. The molecule has 0 bridgehead atoms. The molecule has 0 spiro atoms. The van der Waals surface area contributed by atoms with Crippen molar-refractivity contribution < 1.29 is 18.4 Å². The van der Waals surface area contributed by atoms with Gasteiger partial charge in [0, 0.05) is 0 Å². The van der Waals surface area contributed by atoms with Gasteiger partial charge in [-0.3, -0.25) is 0 Å². The predicted molar refractivity (Wildman–Crippen MR) is 80.6 cm³/mol. The van der Waals surface area contributed by atoms with Gasteiger partial charge in [0.15, 0.2) is 0 Å². The molecule has 3 rings (SSSR count). The Morgan fingerprint density at radius 2 is 1.76 bits per heavy atom. The van der Waals surface area contributed by atoms with Crippen LogP contribution in [0.3, 0.4) is 0 Å². The molecule has 0 saturated carbocycles. The molecule has 1 aliphatic heterocycles. The molecule has 21 heavy (non-hydrogen) atoms. The predicted octanol–water partition coefficient (Wildman–Crippen LogP) is 4.67. The van der Waals surface area contributed by atoms with Crippen LogP contribution in [0.15, 0.2) is 48.5 Å². The number of para-hydroxylation sites is 2. The summed E-state index contributed by atoms with van der Waals surface area (Å²) in [6, 6.07) is 14.7. The summed E-state index contributed by atoms with van der Waals surface area (Å²) in [5.74, 6) is 1.04. The number of rotatable bonds is 3. The van der Waals surface area contributed by atoms with E-state index in [9.17, 15) is 4.79 Å². The van der Waals surface area contributed by atoms with E-state index < -0.39 is 14.6 Å². The van der Waals surface area contributed by atoms with Crippen molar-refractivity contribution >= 4 is 14.6 Å². The second kappa shape index (κ2) is 5.74. The van der Waals surface area contributed by atoms with Crippen LogP contribution in [0.5, 0.6) is 11.5 Å². The fourth-order valence-electron chi connectivity index (χ4n) is 2.09. The fraction of sp³-hybridized carbons (Fsp3) is 0.188. The molecule has 0 amide bonds. The van der Waals surface area contributed by atoms with Gasteiger partial charge in [-0.2, -0.15) is 0 Å². The molecule has 0 fully saturated rings. The van der Waals surface area contributed by atoms with Gasteiger partial charge in [0.05, 0.1) is 0 Å². The van der Waals surface area contributed by atoms with Crippen LogP contribution in [-0.4, -0.2) is 5.97 Å². The molecule has 1 atom stereocenters. The van der Waals surface area contributed by atoms with Crippen molar-refractivity contribution in [1.82, 2.24) is 0 Å². The summed E-state index contributed by atoms with van der Waals surface area (Å²) in [5, 5.41) is 0. The SMILES string of the molecule is CC(C)c1cccc2c1OP(Oc1ccccc1)OC2=O. The Morgan fingerprint density at radius 3 is 2.48 bits per heavy atom. The second-order valence-electron chi connectivity index (χ2n) is 4.98. The van der Waals surface area contributed by atoms with Gasteiger partial charge in [-0.05, 0) is 29.7 Å². The number of hydrogen-bond acceptors (Lipinski definition) is 4. The highest BCUT2D eigenvalue weighted by Crippen LogP contribution is 2.49. The highest BCUT2D eigenvalue weighted by molar-refractivity contribution is 7.43. The fourth-order valence-corrected chi connectivity index (χ4v) is 3.08. The minimum atomic E-state index is -1.76. The highest BCUT2D eigenvalue weighted by Gasteiger charge is 2.34. The molecule has 0 aromatic heterocycles. The van der Waals surface area contributed by atoms with Crippen molar-refractivity contribution in [2.24, 2.45) is 0 Å². The third-order valence-electron chi connectivity index (χ3n) is 3.13. The zero-order valence-electron chi connectivity index (χ0n) is 11.8. The first-order valence-corrected chi connectivity index (χ1v) is 7.81. The normalized spacial score (nSPS) is 16.9. The lowest BCUT2D eigenvalue weighted by Gasteiger charge is -2.25. The molecule has 108 valence electrons. The van der Waals surface area contributed by atoms with Gasteiger partial charge in [-0.1, -0.05) is 44.2 Å². The number of carbonyl (C=O) groups excluding carboxylic acids is 1. The van der Waals surface area contributed by atoms with Crippen LogP contribution in [0, 0.1) is 0 Å². The molecular formula is C16H15O4P. The zero-order valence-corrected chi connectivity index (χ0v) is 12.7. The molecule has 2 aromatic carbocycles. The molecule has 0 saturated heterocycles. The average molecular weight is 302 g/mol. The Bertz CT molecular complexity index is 655. The van der Waals surface area contributed by atoms with Crippen molar-refractivity contribution in [2.45, 2.75) is 19.8 Å². The maximum absolute atomic E-state index is 12.1. The summed E-state index contributed by atoms with van der Waals surface area (Å²) in [6.45, 7) is 4.11. The van der Waals surface area contributed by atoms with E-state index in [-0.39, 0.29) is 5.92 Å². The average Bonchev–Trinajstić information content (AvgIpc) is 2.47. The standard InChI is InChI=1S/C16H15O4P/c1-11(2)13-9-6-10-14-15(13)19-21(20-16(14)17)18-12-7-4-3-5-8-12/h3-11H,1-2H3. The van der Waals surface area contributed by atoms with Crippen LogP contribution < -0.4 is 9.05 Å². The van der Waals surface area contributed by atoms with Crippen molar-refractivity contribution in [3.8, 4) is 11.5 Å². The molecule has 0 N–H and O–H groups in total. The Balaban J connectivity index is 1.89. The van der Waals surface area contributed by atoms with E-state index >= 15 is 0 Å². The third-order valence-corrected chi connectivity index (χ3v) is 4.14. The van der Waals surface area contributed by atoms with Gasteiger partial charge in [0.2, 0.25) is 0 Å². The van der Waals surface area contributed by atoms with E-state index in [4.69, 9.17) is 13.6 Å². The third kappa shape index (κ3) is 2.86. The van der Waals surface area contributed by atoms with Crippen molar-refractivity contribution in [3.05, 3.63) is 59.7 Å². The highest BCUT2D eigenvalue weighted by atomic mass is 31.2. The van der Waals surface area contributed by atoms with Gasteiger partial charge in [0.25, 0.3) is 0 Å². The van der Waals surface area contributed by atoms with Gasteiger partial charge >= 0.3 is 14.6 Å². The lowest BCUT2D eigenvalue weighted by molar-refractivity contribution is 0.0697. The zero-order chi connectivity index (χ0) is 14.8. The van der Waals surface area contributed by atoms with E-state index in [1.165, 1.54) is 0 Å². The van der Waals surface area contributed by atoms with Gasteiger partial charge in [0.1, 0.15) is 17.1 Å². The maximum Gasteiger partial charge on any atom is 0.532 e. The summed E-state index contributed by atoms with van der Waals surface area (Å²) >= 11 is 0. The molecule has 4 nitrogen and oxygen atoms in total. The smallest absolute Gasteiger partial charge is 0.408 e. The van der Waals surface area contributed by atoms with Crippen LogP contribution >= 0.6 is 8.60 Å². The number of hydrogen-bond donors (Lipinski definition) is 0. The summed E-state index contributed by atoms with van der Waals surface area (Å²) in [6.07, 6.45) is 0. The first kappa shape index (κ1) is 13.9. The molecule has 1 unspecified atom stereocenters. The van der Waals surface area contributed by atoms with Crippen LogP contribution in [0.4, 0.5) is 0 Å². The quantitative estimate of drug-likeness (QED) is 0.773. The van der Waals surface area contributed by atoms with Gasteiger partial charge in [-0.25, -0.2) is 4.79 Å². The lowest BCUT2D eigenvalue weighted by atomic mass is 9.99. The molecular weight excluding hydrogens is 287 g/mol. The molecule has 0 aliphatic carbocycles. The number of carbonyl (C=O) groups is 1. The largest absolute Gasteiger partial charge is 0.532 e. The first-order valence-electron chi connectivity index (χ1n) is 6.71. The lowest BCUT2D eigenvalue weighted by Crippen LogP contribution is -2.16. The first-order chi connectivity index (χ1) is 10.1. The van der Waals surface area contributed by atoms with Crippen LogP contribution in [0.25, 0.3) is 0 Å². The Hall–Kier alpha value is -2.06. The van der Waals surface area contributed by atoms with E-state index in [0.717, 1.165) is 5.56 Å². The van der Waals surface area contributed by atoms with Gasteiger partial charge < -0.3 is 13.6 Å². The van der Waals surface area contributed by atoms with E-state index in [2.05, 4.69) is 13.8 Å². The topological polar surface area (TPSA) is 44.8 Å². The van der Waals surface area contributed by atoms with E-state index in [0.29, 0.717) is 17.1 Å². The van der Waals surface area contributed by atoms with Crippen molar-refractivity contribution in [3.63, 3.8) is 0 Å². The van der Waals surface area contributed by atoms with Crippen molar-refractivity contribution in [1.29, 1.82) is 0 Å². The molecule has 1 aliphatic rings. The summed E-state index contributed by atoms with van der Waals surface area (Å²) in [4.78, 5) is 12.1. The van der Waals surface area contributed by atoms with Crippen LogP contribution in [-0.2, 0) is 4.52 Å². The van der Waals surface area contributed by atoms with E-state index in [1.807, 2.05) is 30.3 Å². The Labute approximate surface area is 124 Å². The van der Waals surface area contributed by atoms with Crippen LogP contribution in [0.2, 0.25) is 0 Å². The Kier molecular flexibility index (Phi) is 3.80. The summed E-state index contributed by atoms with van der Waals surface area (Å²) < 4.78 is 16.6. The minimum Gasteiger partial charge on any atom is -0.408 e. The monoisotopic (exact) mass is 302 g/mol. The molecule has 0 radical (unpaired) electrons. The second-order valence-corrected chi connectivity index (χ2v) is 5.97. The Morgan fingerprint density at radius 1 is 1.00 bits per heavy atom. The van der Waals surface area contributed by atoms with E-state index in [1.54, 1.807) is 18.2 Å². The van der Waals surface area contributed by atoms with Crippen molar-refractivity contribution in [2.75, 3.05) is 0 Å². The maximum atomic E-state index is 12.1. The van der Waals surface area contributed by atoms with Gasteiger partial charge in [-0.15, -0.1) is 0 Å². The summed E-state index contributed by atoms with van der Waals surface area (Å²) in [7, 11) is -1.76. The minimum absolute atomic E-state index is 0.249. The van der Waals surface area contributed by atoms with Crippen LogP contribution in [0.1, 0.15) is 35.7 Å². The number of fused-ring (bicyclic) bond motifs is 1.